The molecule has 3 nitrogen and oxygen atoms in total. The molecule has 2 aromatic rings. The Morgan fingerprint density at radius 3 is 2.33 bits per heavy atom. The standard InChI is InChI=1S/C17H18FNO2/c1-3-21-16(20)17(2,13-9-11-14(18)12-10-13)19-15-7-5-4-6-8-15/h4-12,19H,3H2,1-2H3. The fourth-order valence-electron chi connectivity index (χ4n) is 2.11. The van der Waals surface area contributed by atoms with Gasteiger partial charge in [0, 0.05) is 5.69 Å². The van der Waals surface area contributed by atoms with E-state index in [4.69, 9.17) is 4.74 Å². The molecule has 1 atom stereocenters. The average molecular weight is 287 g/mol. The van der Waals surface area contributed by atoms with E-state index in [9.17, 15) is 9.18 Å². The second-order valence-corrected chi connectivity index (χ2v) is 4.84. The van der Waals surface area contributed by atoms with Gasteiger partial charge < -0.3 is 10.1 Å². The molecule has 0 spiro atoms. The number of hydrogen-bond donors (Lipinski definition) is 1. The van der Waals surface area contributed by atoms with Gasteiger partial charge in [0.2, 0.25) is 0 Å². The van der Waals surface area contributed by atoms with Crippen LogP contribution in [0.2, 0.25) is 0 Å². The van der Waals surface area contributed by atoms with Gasteiger partial charge in [-0.3, -0.25) is 0 Å². The molecular formula is C17H18FNO2. The molecule has 0 amide bonds. The quantitative estimate of drug-likeness (QED) is 0.852. The van der Waals surface area contributed by atoms with E-state index in [1.807, 2.05) is 30.3 Å². The lowest BCUT2D eigenvalue weighted by Crippen LogP contribution is -2.42. The summed E-state index contributed by atoms with van der Waals surface area (Å²) in [5.74, 6) is -0.745. The highest BCUT2D eigenvalue weighted by atomic mass is 19.1. The van der Waals surface area contributed by atoms with Crippen molar-refractivity contribution in [2.45, 2.75) is 19.4 Å². The zero-order valence-corrected chi connectivity index (χ0v) is 12.1. The van der Waals surface area contributed by atoms with Crippen molar-refractivity contribution in [3.05, 3.63) is 66.0 Å². The molecule has 2 aromatic carbocycles. The van der Waals surface area contributed by atoms with Crippen LogP contribution >= 0.6 is 0 Å². The molecular weight excluding hydrogens is 269 g/mol. The van der Waals surface area contributed by atoms with Gasteiger partial charge in [0.25, 0.3) is 0 Å². The molecule has 1 N–H and O–H groups in total. The summed E-state index contributed by atoms with van der Waals surface area (Å²) in [6, 6.07) is 15.2. The van der Waals surface area contributed by atoms with Gasteiger partial charge in [-0.2, -0.15) is 0 Å². The van der Waals surface area contributed by atoms with Crippen molar-refractivity contribution in [2.75, 3.05) is 11.9 Å². The molecule has 0 aliphatic rings. The highest BCUT2D eigenvalue weighted by molar-refractivity contribution is 5.85. The van der Waals surface area contributed by atoms with E-state index in [1.165, 1.54) is 12.1 Å². The summed E-state index contributed by atoms with van der Waals surface area (Å²) in [6.45, 7) is 3.77. The summed E-state index contributed by atoms with van der Waals surface area (Å²) in [7, 11) is 0. The van der Waals surface area contributed by atoms with Crippen molar-refractivity contribution in [3.8, 4) is 0 Å². The zero-order chi connectivity index (χ0) is 15.3. The minimum Gasteiger partial charge on any atom is -0.464 e. The molecule has 0 fully saturated rings. The molecule has 0 saturated carbocycles. The van der Waals surface area contributed by atoms with Crippen molar-refractivity contribution in [3.63, 3.8) is 0 Å². The van der Waals surface area contributed by atoms with Crippen LogP contribution in [0.3, 0.4) is 0 Å². The Balaban J connectivity index is 2.38. The third-order valence-electron chi connectivity index (χ3n) is 3.27. The second-order valence-electron chi connectivity index (χ2n) is 4.84. The van der Waals surface area contributed by atoms with Crippen LogP contribution in [0.1, 0.15) is 19.4 Å². The van der Waals surface area contributed by atoms with Gasteiger partial charge in [-0.1, -0.05) is 30.3 Å². The van der Waals surface area contributed by atoms with Gasteiger partial charge in [0.15, 0.2) is 5.54 Å². The van der Waals surface area contributed by atoms with Crippen LogP contribution in [-0.2, 0) is 15.1 Å². The molecule has 0 aliphatic carbocycles. The SMILES string of the molecule is CCOC(=O)C(C)(Nc1ccccc1)c1ccc(F)cc1. The molecule has 0 heterocycles. The number of halogens is 1. The number of anilines is 1. The Kier molecular flexibility index (Phi) is 4.58. The zero-order valence-electron chi connectivity index (χ0n) is 12.1. The first-order chi connectivity index (χ1) is 10.1. The molecule has 1 unspecified atom stereocenters. The fourth-order valence-corrected chi connectivity index (χ4v) is 2.11. The highest BCUT2D eigenvalue weighted by Crippen LogP contribution is 2.28. The molecule has 0 saturated heterocycles. The van der Waals surface area contributed by atoms with Crippen molar-refractivity contribution >= 4 is 11.7 Å². The summed E-state index contributed by atoms with van der Waals surface area (Å²) >= 11 is 0. The number of ether oxygens (including phenoxy) is 1. The van der Waals surface area contributed by atoms with Crippen LogP contribution in [0.25, 0.3) is 0 Å². The van der Waals surface area contributed by atoms with Crippen LogP contribution in [0, 0.1) is 5.82 Å². The summed E-state index contributed by atoms with van der Waals surface area (Å²) in [5, 5.41) is 3.18. The van der Waals surface area contributed by atoms with Gasteiger partial charge in [-0.25, -0.2) is 9.18 Å². The summed E-state index contributed by atoms with van der Waals surface area (Å²) in [4.78, 5) is 12.4. The summed E-state index contributed by atoms with van der Waals surface area (Å²) in [5.41, 5.74) is 0.356. The van der Waals surface area contributed by atoms with Crippen LogP contribution < -0.4 is 5.32 Å². The Morgan fingerprint density at radius 1 is 1.14 bits per heavy atom. The number of hydrogen-bond acceptors (Lipinski definition) is 3. The van der Waals surface area contributed by atoms with Gasteiger partial charge in [0.1, 0.15) is 5.82 Å². The number of rotatable bonds is 5. The first kappa shape index (κ1) is 15.0. The Labute approximate surface area is 123 Å². The number of para-hydroxylation sites is 1. The minimum absolute atomic E-state index is 0.284. The normalized spacial score (nSPS) is 13.3. The average Bonchev–Trinajstić information content (AvgIpc) is 2.49. The molecule has 0 aromatic heterocycles. The molecule has 4 heteroatoms. The number of esters is 1. The molecule has 2 rings (SSSR count). The maximum Gasteiger partial charge on any atom is 0.336 e. The molecule has 0 bridgehead atoms. The van der Waals surface area contributed by atoms with E-state index in [0.29, 0.717) is 5.56 Å². The predicted molar refractivity (Wildman–Crippen MR) is 80.4 cm³/mol. The van der Waals surface area contributed by atoms with Crippen LogP contribution in [0.5, 0.6) is 0 Å². The van der Waals surface area contributed by atoms with Gasteiger partial charge in [-0.05, 0) is 43.7 Å². The third kappa shape index (κ3) is 3.40. The largest absolute Gasteiger partial charge is 0.464 e. The lowest BCUT2D eigenvalue weighted by molar-refractivity contribution is -0.148. The van der Waals surface area contributed by atoms with Gasteiger partial charge in [0.05, 0.1) is 6.61 Å². The summed E-state index contributed by atoms with van der Waals surface area (Å²) < 4.78 is 18.3. The molecule has 0 radical (unpaired) electrons. The first-order valence-corrected chi connectivity index (χ1v) is 6.83. The van der Waals surface area contributed by atoms with Crippen molar-refractivity contribution in [1.29, 1.82) is 0 Å². The van der Waals surface area contributed by atoms with E-state index in [0.717, 1.165) is 5.69 Å². The number of carbonyl (C=O) groups excluding carboxylic acids is 1. The smallest absolute Gasteiger partial charge is 0.336 e. The number of benzene rings is 2. The Morgan fingerprint density at radius 2 is 1.76 bits per heavy atom. The number of carbonyl (C=O) groups is 1. The van der Waals surface area contributed by atoms with E-state index >= 15 is 0 Å². The lowest BCUT2D eigenvalue weighted by Gasteiger charge is -2.30. The maximum atomic E-state index is 13.1. The van der Waals surface area contributed by atoms with E-state index in [-0.39, 0.29) is 12.4 Å². The topological polar surface area (TPSA) is 38.3 Å². The van der Waals surface area contributed by atoms with Crippen LogP contribution in [0.4, 0.5) is 10.1 Å². The van der Waals surface area contributed by atoms with E-state index in [1.54, 1.807) is 26.0 Å². The monoisotopic (exact) mass is 287 g/mol. The highest BCUT2D eigenvalue weighted by Gasteiger charge is 2.36. The molecule has 110 valence electrons. The van der Waals surface area contributed by atoms with Crippen molar-refractivity contribution in [2.24, 2.45) is 0 Å². The van der Waals surface area contributed by atoms with Gasteiger partial charge in [-0.15, -0.1) is 0 Å². The van der Waals surface area contributed by atoms with Crippen LogP contribution in [-0.4, -0.2) is 12.6 Å². The van der Waals surface area contributed by atoms with Crippen LogP contribution in [0.15, 0.2) is 54.6 Å². The van der Waals surface area contributed by atoms with Crippen molar-refractivity contribution in [1.82, 2.24) is 0 Å². The molecule has 21 heavy (non-hydrogen) atoms. The van der Waals surface area contributed by atoms with E-state index < -0.39 is 11.5 Å². The third-order valence-corrected chi connectivity index (χ3v) is 3.27. The van der Waals surface area contributed by atoms with Crippen molar-refractivity contribution < 1.29 is 13.9 Å². The van der Waals surface area contributed by atoms with E-state index in [2.05, 4.69) is 5.32 Å². The van der Waals surface area contributed by atoms with Gasteiger partial charge >= 0.3 is 5.97 Å². The summed E-state index contributed by atoms with van der Waals surface area (Å²) in [6.07, 6.45) is 0. The Hall–Kier alpha value is -2.36. The second kappa shape index (κ2) is 6.39. The predicted octanol–water partition coefficient (Wildman–Crippen LogP) is 3.72. The molecule has 0 aliphatic heterocycles. The maximum absolute atomic E-state index is 13.1. The number of nitrogens with one attached hydrogen (secondary N) is 1. The fraction of sp³-hybridized carbons (Fsp3) is 0.235. The minimum atomic E-state index is -1.08. The Bertz CT molecular complexity index is 598. The lowest BCUT2D eigenvalue weighted by atomic mass is 9.91. The first-order valence-electron chi connectivity index (χ1n) is 6.83.